The number of thiophene rings is 1. The van der Waals surface area contributed by atoms with Gasteiger partial charge >= 0.3 is 6.03 Å². The van der Waals surface area contributed by atoms with Gasteiger partial charge < -0.3 is 10.6 Å². The van der Waals surface area contributed by atoms with E-state index in [-0.39, 0.29) is 24.4 Å². The molecule has 29 heavy (non-hydrogen) atoms. The molecule has 0 saturated carbocycles. The van der Waals surface area contributed by atoms with Gasteiger partial charge in [0.2, 0.25) is 5.91 Å². The van der Waals surface area contributed by atoms with E-state index in [9.17, 15) is 14.4 Å². The number of amides is 4. The van der Waals surface area contributed by atoms with Crippen LogP contribution in [-0.2, 0) is 21.5 Å². The maximum Gasteiger partial charge on any atom is 0.325 e. The van der Waals surface area contributed by atoms with Crippen molar-refractivity contribution in [2.45, 2.75) is 51.1 Å². The summed E-state index contributed by atoms with van der Waals surface area (Å²) in [6.45, 7) is 3.74. The van der Waals surface area contributed by atoms with Gasteiger partial charge in [-0.1, -0.05) is 36.8 Å². The van der Waals surface area contributed by atoms with Gasteiger partial charge in [0.15, 0.2) is 0 Å². The van der Waals surface area contributed by atoms with Crippen molar-refractivity contribution in [3.63, 3.8) is 0 Å². The van der Waals surface area contributed by atoms with Crippen LogP contribution in [0.15, 0.2) is 35.7 Å². The zero-order chi connectivity index (χ0) is 20.6. The summed E-state index contributed by atoms with van der Waals surface area (Å²) in [6, 6.07) is 9.27. The van der Waals surface area contributed by atoms with Crippen LogP contribution in [0.2, 0.25) is 0 Å². The van der Waals surface area contributed by atoms with Crippen molar-refractivity contribution < 1.29 is 14.4 Å². The largest absolute Gasteiger partial charge is 0.348 e. The van der Waals surface area contributed by atoms with Gasteiger partial charge in [0.1, 0.15) is 12.1 Å². The third kappa shape index (κ3) is 3.44. The Morgan fingerprint density at radius 2 is 2.03 bits per heavy atom. The monoisotopic (exact) mass is 411 g/mol. The lowest BCUT2D eigenvalue weighted by Gasteiger charge is -2.31. The minimum atomic E-state index is -1.01. The zero-order valence-corrected chi connectivity index (χ0v) is 17.5. The van der Waals surface area contributed by atoms with Gasteiger partial charge in [0.25, 0.3) is 5.91 Å². The number of aryl methyl sites for hydroxylation is 2. The second-order valence-corrected chi connectivity index (χ2v) is 8.78. The van der Waals surface area contributed by atoms with Crippen molar-refractivity contribution in [3.8, 4) is 0 Å². The van der Waals surface area contributed by atoms with Crippen molar-refractivity contribution in [3.05, 3.63) is 57.3 Å². The number of fused-ring (bicyclic) bond motifs is 2. The molecule has 0 radical (unpaired) electrons. The predicted octanol–water partition coefficient (Wildman–Crippen LogP) is 3.41. The van der Waals surface area contributed by atoms with Crippen LogP contribution in [0.4, 0.5) is 4.79 Å². The molecule has 1 aliphatic heterocycles. The van der Waals surface area contributed by atoms with E-state index in [0.29, 0.717) is 6.42 Å². The van der Waals surface area contributed by atoms with Crippen molar-refractivity contribution >= 4 is 29.2 Å². The third-order valence-electron chi connectivity index (χ3n) is 5.86. The maximum atomic E-state index is 13.2. The highest BCUT2D eigenvalue weighted by molar-refractivity contribution is 7.10. The highest BCUT2D eigenvalue weighted by atomic mass is 32.1. The lowest BCUT2D eigenvalue weighted by molar-refractivity contribution is -0.135. The average molecular weight is 412 g/mol. The van der Waals surface area contributed by atoms with Crippen LogP contribution in [0.25, 0.3) is 0 Å². The SMILES string of the molecule is CC[C@@H](NC(=O)CN1C(=O)N[C@@]2(CCCc3sccc32)C1=O)c1ccc(C)cc1. The Balaban J connectivity index is 1.48. The fourth-order valence-electron chi connectivity index (χ4n) is 4.29. The average Bonchev–Trinajstić information content (AvgIpc) is 3.28. The molecule has 1 aliphatic carbocycles. The first-order chi connectivity index (χ1) is 13.9. The summed E-state index contributed by atoms with van der Waals surface area (Å²) in [5.74, 6) is -0.653. The summed E-state index contributed by atoms with van der Waals surface area (Å²) in [6.07, 6.45) is 3.05. The van der Waals surface area contributed by atoms with Crippen LogP contribution >= 0.6 is 11.3 Å². The van der Waals surface area contributed by atoms with E-state index in [1.165, 1.54) is 0 Å². The number of imide groups is 1. The quantitative estimate of drug-likeness (QED) is 0.740. The van der Waals surface area contributed by atoms with Crippen LogP contribution in [0.5, 0.6) is 0 Å². The van der Waals surface area contributed by atoms with Crippen molar-refractivity contribution in [2.24, 2.45) is 0 Å². The Kier molecular flexibility index (Phi) is 5.17. The molecule has 1 fully saturated rings. The number of nitrogens with zero attached hydrogens (tertiary/aromatic N) is 1. The number of urea groups is 1. The zero-order valence-electron chi connectivity index (χ0n) is 16.7. The standard InChI is InChI=1S/C22H25N3O3S/c1-3-17(15-8-6-14(2)7-9-15)23-19(26)13-25-20(27)22(24-21(25)28)11-4-5-18-16(22)10-12-29-18/h6-10,12,17H,3-5,11,13H2,1-2H3,(H,23,26)(H,24,28)/t17-,22-/m1/s1. The predicted molar refractivity (Wildman–Crippen MR) is 112 cm³/mol. The number of carbonyl (C=O) groups is 3. The smallest absolute Gasteiger partial charge is 0.325 e. The number of carbonyl (C=O) groups excluding carboxylic acids is 3. The molecule has 4 amide bonds. The van der Waals surface area contributed by atoms with E-state index in [1.54, 1.807) is 11.3 Å². The Labute approximate surface area is 174 Å². The van der Waals surface area contributed by atoms with Crippen molar-refractivity contribution in [1.82, 2.24) is 15.5 Å². The molecule has 2 aromatic rings. The minimum Gasteiger partial charge on any atom is -0.348 e. The fourth-order valence-corrected chi connectivity index (χ4v) is 5.29. The van der Waals surface area contributed by atoms with Crippen molar-refractivity contribution in [1.29, 1.82) is 0 Å². The highest BCUT2D eigenvalue weighted by Crippen LogP contribution is 2.42. The van der Waals surface area contributed by atoms with E-state index in [4.69, 9.17) is 0 Å². The van der Waals surface area contributed by atoms with E-state index < -0.39 is 11.6 Å². The first kappa shape index (κ1) is 19.6. The number of hydrogen-bond donors (Lipinski definition) is 2. The van der Waals surface area contributed by atoms with E-state index in [0.717, 1.165) is 45.7 Å². The number of nitrogens with one attached hydrogen (secondary N) is 2. The van der Waals surface area contributed by atoms with Gasteiger partial charge in [-0.15, -0.1) is 11.3 Å². The highest BCUT2D eigenvalue weighted by Gasteiger charge is 2.54. The maximum absolute atomic E-state index is 13.2. The number of rotatable bonds is 5. The van der Waals surface area contributed by atoms with Gasteiger partial charge in [0.05, 0.1) is 6.04 Å². The molecule has 6 nitrogen and oxygen atoms in total. The van der Waals surface area contributed by atoms with Gasteiger partial charge in [0, 0.05) is 10.4 Å². The molecule has 1 saturated heterocycles. The van der Waals surface area contributed by atoms with Crippen LogP contribution in [0.1, 0.15) is 53.8 Å². The lowest BCUT2D eigenvalue weighted by atomic mass is 9.80. The Hall–Kier alpha value is -2.67. The Bertz CT molecular complexity index is 952. The molecule has 2 N–H and O–H groups in total. The summed E-state index contributed by atoms with van der Waals surface area (Å²) in [5.41, 5.74) is 2.04. The Morgan fingerprint density at radius 1 is 1.28 bits per heavy atom. The van der Waals surface area contributed by atoms with E-state index >= 15 is 0 Å². The first-order valence-corrected chi connectivity index (χ1v) is 10.9. The molecule has 0 bridgehead atoms. The molecule has 1 spiro atoms. The summed E-state index contributed by atoms with van der Waals surface area (Å²) in [5, 5.41) is 7.81. The summed E-state index contributed by atoms with van der Waals surface area (Å²) in [4.78, 5) is 40.7. The Morgan fingerprint density at radius 3 is 2.76 bits per heavy atom. The fraction of sp³-hybridized carbons (Fsp3) is 0.409. The molecule has 152 valence electrons. The molecule has 2 atom stereocenters. The third-order valence-corrected chi connectivity index (χ3v) is 6.84. The van der Waals surface area contributed by atoms with Gasteiger partial charge in [-0.25, -0.2) is 4.79 Å². The molecule has 1 aromatic carbocycles. The summed E-state index contributed by atoms with van der Waals surface area (Å²) < 4.78 is 0. The normalized spacial score (nSPS) is 21.8. The number of benzene rings is 1. The molecule has 4 rings (SSSR count). The minimum absolute atomic E-state index is 0.156. The molecule has 7 heteroatoms. The summed E-state index contributed by atoms with van der Waals surface area (Å²) in [7, 11) is 0. The topological polar surface area (TPSA) is 78.5 Å². The molecule has 2 heterocycles. The van der Waals surface area contributed by atoms with Crippen LogP contribution < -0.4 is 10.6 Å². The van der Waals surface area contributed by atoms with Crippen LogP contribution in [0.3, 0.4) is 0 Å². The van der Waals surface area contributed by atoms with Crippen LogP contribution in [-0.4, -0.2) is 29.3 Å². The molecule has 2 aliphatic rings. The second-order valence-electron chi connectivity index (χ2n) is 7.78. The second kappa shape index (κ2) is 7.63. The van der Waals surface area contributed by atoms with E-state index in [2.05, 4.69) is 10.6 Å². The van der Waals surface area contributed by atoms with Gasteiger partial charge in [-0.3, -0.25) is 14.5 Å². The molecule has 0 unspecified atom stereocenters. The molecular weight excluding hydrogens is 386 g/mol. The molecule has 1 aromatic heterocycles. The lowest BCUT2D eigenvalue weighted by Crippen LogP contribution is -2.47. The van der Waals surface area contributed by atoms with Crippen LogP contribution in [0, 0.1) is 6.92 Å². The summed E-state index contributed by atoms with van der Waals surface area (Å²) >= 11 is 1.61. The first-order valence-electron chi connectivity index (χ1n) is 10.0. The van der Waals surface area contributed by atoms with Crippen molar-refractivity contribution in [2.75, 3.05) is 6.54 Å². The van der Waals surface area contributed by atoms with Gasteiger partial charge in [-0.05, 0) is 49.6 Å². The molecular formula is C22H25N3O3S. The van der Waals surface area contributed by atoms with Gasteiger partial charge in [-0.2, -0.15) is 0 Å². The van der Waals surface area contributed by atoms with E-state index in [1.807, 2.05) is 49.6 Å². The number of hydrogen-bond acceptors (Lipinski definition) is 4.